The number of amidine groups is 1. The second kappa shape index (κ2) is 7.04. The lowest BCUT2D eigenvalue weighted by molar-refractivity contribution is -0.130. The minimum atomic E-state index is -0.674. The van der Waals surface area contributed by atoms with Gasteiger partial charge in [0.2, 0.25) is 6.04 Å². The molecule has 1 fully saturated rings. The number of nitrogens with zero attached hydrogens (tertiary/aromatic N) is 5. The van der Waals surface area contributed by atoms with Crippen LogP contribution in [0.3, 0.4) is 0 Å². The van der Waals surface area contributed by atoms with Gasteiger partial charge in [-0.05, 0) is 57.3 Å². The molecule has 9 nitrogen and oxygen atoms in total. The largest absolute Gasteiger partial charge is 0.506 e. The molecule has 1 atom stereocenters. The molecule has 0 aromatic heterocycles. The SMILES string of the molecule is CN1C(=O)C2C(=[N+]=C(N/N=C/c3cc(I)cc(I)c3O)N2C)N(C)C1=O. The summed E-state index contributed by atoms with van der Waals surface area (Å²) >= 11 is 4.21. The van der Waals surface area contributed by atoms with Crippen molar-refractivity contribution in [2.45, 2.75) is 6.04 Å². The number of nitrogens with one attached hydrogen (secondary N) is 1. The molecule has 1 aromatic rings. The quantitative estimate of drug-likeness (QED) is 0.225. The number of halogens is 2. The molecular weight excluding hydrogens is 566 g/mol. The van der Waals surface area contributed by atoms with Gasteiger partial charge in [0.15, 0.2) is 0 Å². The molecule has 0 bridgehead atoms. The van der Waals surface area contributed by atoms with Crippen LogP contribution in [0.1, 0.15) is 5.56 Å². The number of rotatable bonds is 2. The number of phenols is 1. The monoisotopic (exact) mass is 581 g/mol. The van der Waals surface area contributed by atoms with E-state index in [1.54, 1.807) is 25.1 Å². The van der Waals surface area contributed by atoms with Crippen molar-refractivity contribution >= 4 is 75.1 Å². The number of imide groups is 1. The van der Waals surface area contributed by atoms with Crippen LogP contribution >= 0.6 is 45.2 Å². The number of phenolic OH excluding ortho intramolecular Hbond substituents is 1. The summed E-state index contributed by atoms with van der Waals surface area (Å²) < 4.78 is 6.02. The van der Waals surface area contributed by atoms with Crippen LogP contribution in [-0.4, -0.2) is 76.9 Å². The third kappa shape index (κ3) is 3.14. The number of amides is 3. The molecule has 2 N–H and O–H groups in total. The highest BCUT2D eigenvalue weighted by molar-refractivity contribution is 14.1. The molecule has 3 amide bonds. The first kappa shape index (κ1) is 18.9. The van der Waals surface area contributed by atoms with Crippen molar-refractivity contribution < 1.29 is 14.7 Å². The number of urea groups is 1. The predicted octanol–water partition coefficient (Wildman–Crippen LogP) is 0.184. The van der Waals surface area contributed by atoms with E-state index in [-0.39, 0.29) is 11.7 Å². The third-order valence-electron chi connectivity index (χ3n) is 4.09. The van der Waals surface area contributed by atoms with Gasteiger partial charge in [0.05, 0.1) is 16.8 Å². The Kier molecular flexibility index (Phi) is 5.12. The molecule has 1 unspecified atom stereocenters. The fourth-order valence-corrected chi connectivity index (χ4v) is 4.52. The highest BCUT2D eigenvalue weighted by Crippen LogP contribution is 2.25. The zero-order valence-corrected chi connectivity index (χ0v) is 18.4. The van der Waals surface area contributed by atoms with Gasteiger partial charge in [-0.15, -0.1) is 5.10 Å². The summed E-state index contributed by atoms with van der Waals surface area (Å²) in [4.78, 5) is 28.4. The van der Waals surface area contributed by atoms with Gasteiger partial charge in [0, 0.05) is 23.2 Å². The maximum atomic E-state index is 12.4. The molecule has 2 heterocycles. The van der Waals surface area contributed by atoms with E-state index < -0.39 is 12.1 Å². The Morgan fingerprint density at radius 1 is 1.23 bits per heavy atom. The number of benzene rings is 1. The van der Waals surface area contributed by atoms with Gasteiger partial charge < -0.3 is 5.11 Å². The molecule has 2 aliphatic heterocycles. The summed E-state index contributed by atoms with van der Waals surface area (Å²) in [7, 11) is 4.71. The van der Waals surface area contributed by atoms with E-state index in [0.717, 1.165) is 12.0 Å². The second-order valence-corrected chi connectivity index (χ2v) is 8.15. The van der Waals surface area contributed by atoms with Crippen molar-refractivity contribution in [3.05, 3.63) is 24.8 Å². The number of hydrazone groups is 1. The van der Waals surface area contributed by atoms with Crippen molar-refractivity contribution in [2.75, 3.05) is 21.1 Å². The molecule has 1 saturated heterocycles. The van der Waals surface area contributed by atoms with Crippen LogP contribution < -0.4 is 10.1 Å². The average Bonchev–Trinajstić information content (AvgIpc) is 2.92. The van der Waals surface area contributed by atoms with Crippen LogP contribution in [0.25, 0.3) is 0 Å². The number of carbonyl (C=O) groups is 2. The maximum absolute atomic E-state index is 12.4. The molecular formula is C15H15I2N6O3+. The molecule has 0 saturated carbocycles. The number of likely N-dealkylation sites (N-methyl/N-ethyl adjacent to an activating group) is 3. The van der Waals surface area contributed by atoms with Crippen LogP contribution in [0.5, 0.6) is 5.75 Å². The Hall–Kier alpha value is -1.86. The van der Waals surface area contributed by atoms with E-state index in [9.17, 15) is 14.7 Å². The number of fused-ring (bicyclic) bond motifs is 1. The summed E-state index contributed by atoms with van der Waals surface area (Å²) in [5.74, 6) is 0.484. The van der Waals surface area contributed by atoms with E-state index in [2.05, 4.69) is 37.8 Å². The van der Waals surface area contributed by atoms with Gasteiger partial charge in [-0.2, -0.15) is 5.43 Å². The Labute approximate surface area is 176 Å². The van der Waals surface area contributed by atoms with Gasteiger partial charge in [0.25, 0.3) is 5.91 Å². The molecule has 26 heavy (non-hydrogen) atoms. The summed E-state index contributed by atoms with van der Waals surface area (Å²) in [5.41, 5.74) is 3.33. The molecule has 3 rings (SSSR count). The number of hydrogen-bond acceptors (Lipinski definition) is 6. The minimum absolute atomic E-state index is 0.142. The number of aromatic hydroxyl groups is 1. The average molecular weight is 581 g/mol. The fraction of sp³-hybridized carbons (Fsp3) is 0.267. The number of carbonyl (C=O) groups excluding carboxylic acids is 2. The van der Waals surface area contributed by atoms with E-state index in [0.29, 0.717) is 17.4 Å². The first-order chi connectivity index (χ1) is 12.2. The lowest BCUT2D eigenvalue weighted by Crippen LogP contribution is -2.63. The summed E-state index contributed by atoms with van der Waals surface area (Å²) in [5, 5.41) is 14.2. The summed E-state index contributed by atoms with van der Waals surface area (Å²) in [6.07, 6.45) is 1.48. The minimum Gasteiger partial charge on any atom is -0.506 e. The van der Waals surface area contributed by atoms with Crippen LogP contribution in [0, 0.1) is 7.14 Å². The first-order valence-corrected chi connectivity index (χ1v) is 9.58. The second-order valence-electron chi connectivity index (χ2n) is 5.74. The van der Waals surface area contributed by atoms with Crippen molar-refractivity contribution in [1.29, 1.82) is 0 Å². The van der Waals surface area contributed by atoms with Crippen molar-refractivity contribution in [3.8, 4) is 5.75 Å². The first-order valence-electron chi connectivity index (χ1n) is 7.43. The topological polar surface area (TPSA) is 103 Å². The van der Waals surface area contributed by atoms with E-state index in [1.807, 2.05) is 28.7 Å². The molecule has 11 heteroatoms. The number of hydrogen-bond donors (Lipinski definition) is 2. The zero-order valence-electron chi connectivity index (χ0n) is 14.1. The number of guanidine groups is 1. The van der Waals surface area contributed by atoms with Crippen LogP contribution in [0.4, 0.5) is 4.79 Å². The Morgan fingerprint density at radius 2 is 1.92 bits per heavy atom. The molecule has 1 aromatic carbocycles. The summed E-state index contributed by atoms with van der Waals surface area (Å²) in [6, 6.07) is 2.55. The Balaban J connectivity index is 1.84. The van der Waals surface area contributed by atoms with Gasteiger partial charge in [-0.25, -0.2) is 19.3 Å². The third-order valence-corrected chi connectivity index (χ3v) is 5.54. The highest BCUT2D eigenvalue weighted by Gasteiger charge is 2.53. The van der Waals surface area contributed by atoms with E-state index in [1.165, 1.54) is 18.2 Å². The van der Waals surface area contributed by atoms with Gasteiger partial charge in [-0.1, -0.05) is 0 Å². The Bertz CT molecular complexity index is 909. The zero-order chi connectivity index (χ0) is 19.2. The van der Waals surface area contributed by atoms with Crippen molar-refractivity contribution in [2.24, 2.45) is 5.10 Å². The van der Waals surface area contributed by atoms with Crippen molar-refractivity contribution in [3.63, 3.8) is 0 Å². The molecule has 0 spiro atoms. The van der Waals surface area contributed by atoms with Crippen molar-refractivity contribution in [1.82, 2.24) is 24.8 Å². The lowest BCUT2D eigenvalue weighted by Gasteiger charge is -2.30. The van der Waals surface area contributed by atoms with E-state index >= 15 is 0 Å². The van der Waals surface area contributed by atoms with E-state index in [4.69, 9.17) is 0 Å². The van der Waals surface area contributed by atoms with Crippen LogP contribution in [-0.2, 0) is 4.79 Å². The van der Waals surface area contributed by atoms with Crippen LogP contribution in [0.15, 0.2) is 17.2 Å². The molecule has 2 aliphatic rings. The molecule has 0 aliphatic carbocycles. The van der Waals surface area contributed by atoms with Gasteiger partial charge in [0.1, 0.15) is 5.75 Å². The van der Waals surface area contributed by atoms with Gasteiger partial charge >= 0.3 is 17.8 Å². The standard InChI is InChI=1S/C15H14I2N6O3/c1-21-10-12(22(2)15(26)23(3)13(10)25)19-14(21)20-18-6-7-4-8(16)5-9(17)11(7)24/h4-6,10H,1-3H3,(H,18,24)/p+1. The predicted molar refractivity (Wildman–Crippen MR) is 114 cm³/mol. The fourth-order valence-electron chi connectivity index (χ4n) is 2.63. The van der Waals surface area contributed by atoms with Gasteiger partial charge in [-0.3, -0.25) is 9.69 Å². The molecule has 0 radical (unpaired) electrons. The lowest BCUT2D eigenvalue weighted by atomic mass is 10.1. The van der Waals surface area contributed by atoms with Crippen LogP contribution in [0.2, 0.25) is 0 Å². The highest BCUT2D eigenvalue weighted by atomic mass is 127. The Morgan fingerprint density at radius 3 is 2.62 bits per heavy atom. The molecule has 136 valence electrons. The maximum Gasteiger partial charge on any atom is 0.421 e. The summed E-state index contributed by atoms with van der Waals surface area (Å²) in [6.45, 7) is 0. The smallest absolute Gasteiger partial charge is 0.421 e. The normalized spacial score (nSPS) is 19.9.